The molecule has 0 radical (unpaired) electrons. The molecule has 1 aromatic carbocycles. The first-order chi connectivity index (χ1) is 8.24. The van der Waals surface area contributed by atoms with Gasteiger partial charge in [-0.05, 0) is 30.5 Å². The van der Waals surface area contributed by atoms with Crippen molar-refractivity contribution in [3.8, 4) is 0 Å². The van der Waals surface area contributed by atoms with Crippen LogP contribution in [0.3, 0.4) is 0 Å². The van der Waals surface area contributed by atoms with E-state index in [-0.39, 0.29) is 5.63 Å². The van der Waals surface area contributed by atoms with E-state index >= 15 is 0 Å². The molecule has 2 heteroatoms. The molecular formula is C15H18O2. The van der Waals surface area contributed by atoms with Gasteiger partial charge in [0.25, 0.3) is 0 Å². The highest BCUT2D eigenvalue weighted by Crippen LogP contribution is 2.17. The fourth-order valence-corrected chi connectivity index (χ4v) is 2.09. The molecule has 2 aromatic rings. The highest BCUT2D eigenvalue weighted by Gasteiger charge is 2.05. The van der Waals surface area contributed by atoms with E-state index in [2.05, 4.69) is 19.9 Å². The van der Waals surface area contributed by atoms with E-state index < -0.39 is 0 Å². The predicted octanol–water partition coefficient (Wildman–Crippen LogP) is 3.70. The second-order valence-electron chi connectivity index (χ2n) is 4.43. The molecule has 1 aromatic heterocycles. The summed E-state index contributed by atoms with van der Waals surface area (Å²) in [6, 6.07) is 8.10. The minimum absolute atomic E-state index is 0.187. The number of fused-ring (bicyclic) bond motifs is 1. The van der Waals surface area contributed by atoms with Gasteiger partial charge in [0, 0.05) is 10.9 Å². The minimum atomic E-state index is -0.187. The van der Waals surface area contributed by atoms with Gasteiger partial charge in [-0.15, -0.1) is 0 Å². The number of hydrogen-bond acceptors (Lipinski definition) is 2. The first-order valence-electron chi connectivity index (χ1n) is 6.30. The maximum atomic E-state index is 11.7. The van der Waals surface area contributed by atoms with Crippen LogP contribution in [0.5, 0.6) is 0 Å². The average molecular weight is 230 g/mol. The number of benzene rings is 1. The molecule has 0 fully saturated rings. The fourth-order valence-electron chi connectivity index (χ4n) is 2.09. The molecule has 0 aliphatic rings. The maximum Gasteiger partial charge on any atom is 0.339 e. The summed E-state index contributed by atoms with van der Waals surface area (Å²) in [5.74, 6) is 0. The molecule has 0 N–H and O–H groups in total. The lowest BCUT2D eigenvalue weighted by Crippen LogP contribution is -2.06. The molecule has 90 valence electrons. The smallest absolute Gasteiger partial charge is 0.339 e. The van der Waals surface area contributed by atoms with E-state index in [9.17, 15) is 4.79 Å². The summed E-state index contributed by atoms with van der Waals surface area (Å²) in [6.45, 7) is 4.21. The van der Waals surface area contributed by atoms with Crippen LogP contribution in [0.15, 0.2) is 33.5 Å². The molecule has 0 spiro atoms. The third kappa shape index (κ3) is 2.57. The van der Waals surface area contributed by atoms with Gasteiger partial charge in [-0.25, -0.2) is 4.79 Å². The Morgan fingerprint density at radius 2 is 1.82 bits per heavy atom. The van der Waals surface area contributed by atoms with E-state index in [0.29, 0.717) is 5.58 Å². The lowest BCUT2D eigenvalue weighted by Gasteiger charge is -2.03. The number of rotatable bonds is 4. The Labute approximate surface area is 101 Å². The summed E-state index contributed by atoms with van der Waals surface area (Å²) in [4.78, 5) is 11.7. The Balaban J connectivity index is 2.50. The number of aryl methyl sites for hydroxylation is 2. The van der Waals surface area contributed by atoms with Crippen molar-refractivity contribution in [1.29, 1.82) is 0 Å². The van der Waals surface area contributed by atoms with Crippen molar-refractivity contribution in [2.45, 2.75) is 39.5 Å². The molecule has 0 atom stereocenters. The zero-order valence-corrected chi connectivity index (χ0v) is 10.5. The van der Waals surface area contributed by atoms with Crippen LogP contribution in [-0.2, 0) is 12.8 Å². The standard InChI is InChI=1S/C15H18O2/c1-3-5-11-7-8-12-10-13(6-4-2)15(16)17-14(12)9-11/h7-10H,3-6H2,1-2H3. The zero-order valence-electron chi connectivity index (χ0n) is 10.5. The minimum Gasteiger partial charge on any atom is -0.423 e. The Kier molecular flexibility index (Phi) is 3.62. The summed E-state index contributed by atoms with van der Waals surface area (Å²) in [5.41, 5.74) is 2.53. The van der Waals surface area contributed by atoms with Crippen molar-refractivity contribution >= 4 is 11.0 Å². The van der Waals surface area contributed by atoms with Gasteiger partial charge >= 0.3 is 5.63 Å². The van der Waals surface area contributed by atoms with Gasteiger partial charge in [-0.2, -0.15) is 0 Å². The summed E-state index contributed by atoms with van der Waals surface area (Å²) >= 11 is 0. The third-order valence-corrected chi connectivity index (χ3v) is 2.93. The Hall–Kier alpha value is -1.57. The van der Waals surface area contributed by atoms with Crippen molar-refractivity contribution < 1.29 is 4.42 Å². The van der Waals surface area contributed by atoms with Gasteiger partial charge in [-0.1, -0.05) is 38.8 Å². The molecule has 0 bridgehead atoms. The van der Waals surface area contributed by atoms with Gasteiger partial charge < -0.3 is 4.42 Å². The first kappa shape index (κ1) is 11.9. The van der Waals surface area contributed by atoms with Crippen molar-refractivity contribution in [2.75, 3.05) is 0 Å². The Morgan fingerprint density at radius 3 is 2.53 bits per heavy atom. The van der Waals surface area contributed by atoms with Crippen molar-refractivity contribution in [1.82, 2.24) is 0 Å². The molecule has 1 heterocycles. The highest BCUT2D eigenvalue weighted by molar-refractivity contribution is 5.77. The molecule has 2 rings (SSSR count). The molecule has 0 unspecified atom stereocenters. The van der Waals surface area contributed by atoms with E-state index in [4.69, 9.17) is 4.42 Å². The quantitative estimate of drug-likeness (QED) is 0.750. The summed E-state index contributed by atoms with van der Waals surface area (Å²) in [6.07, 6.45) is 3.87. The van der Waals surface area contributed by atoms with E-state index in [1.807, 2.05) is 18.2 Å². The lowest BCUT2D eigenvalue weighted by molar-refractivity contribution is 0.548. The van der Waals surface area contributed by atoms with Crippen LogP contribution in [0.25, 0.3) is 11.0 Å². The molecule has 0 aliphatic heterocycles. The molecule has 0 saturated carbocycles. The molecule has 0 amide bonds. The Bertz CT molecular complexity index is 567. The van der Waals surface area contributed by atoms with Gasteiger partial charge in [0.1, 0.15) is 5.58 Å². The Morgan fingerprint density at radius 1 is 1.06 bits per heavy atom. The van der Waals surface area contributed by atoms with Gasteiger partial charge in [0.05, 0.1) is 0 Å². The largest absolute Gasteiger partial charge is 0.423 e. The molecule has 2 nitrogen and oxygen atoms in total. The molecular weight excluding hydrogens is 212 g/mol. The lowest BCUT2D eigenvalue weighted by atomic mass is 10.1. The van der Waals surface area contributed by atoms with Crippen LogP contribution in [0.4, 0.5) is 0 Å². The SMILES string of the molecule is CCCc1ccc2cc(CCC)c(=O)oc2c1. The normalized spacial score (nSPS) is 10.9. The molecule has 17 heavy (non-hydrogen) atoms. The van der Waals surface area contributed by atoms with Gasteiger partial charge in [0.2, 0.25) is 0 Å². The second kappa shape index (κ2) is 5.17. The van der Waals surface area contributed by atoms with Gasteiger partial charge in [-0.3, -0.25) is 0 Å². The topological polar surface area (TPSA) is 30.2 Å². The van der Waals surface area contributed by atoms with Gasteiger partial charge in [0.15, 0.2) is 0 Å². The summed E-state index contributed by atoms with van der Waals surface area (Å²) < 4.78 is 5.38. The van der Waals surface area contributed by atoms with Crippen LogP contribution in [0.2, 0.25) is 0 Å². The summed E-state index contributed by atoms with van der Waals surface area (Å²) in [7, 11) is 0. The average Bonchev–Trinajstić information content (AvgIpc) is 2.31. The van der Waals surface area contributed by atoms with Crippen LogP contribution in [-0.4, -0.2) is 0 Å². The van der Waals surface area contributed by atoms with Crippen molar-refractivity contribution in [3.63, 3.8) is 0 Å². The van der Waals surface area contributed by atoms with E-state index in [1.54, 1.807) is 0 Å². The molecule has 0 aliphatic carbocycles. The third-order valence-electron chi connectivity index (χ3n) is 2.93. The second-order valence-corrected chi connectivity index (χ2v) is 4.43. The zero-order chi connectivity index (χ0) is 12.3. The van der Waals surface area contributed by atoms with E-state index in [0.717, 1.165) is 36.6 Å². The van der Waals surface area contributed by atoms with Crippen LogP contribution in [0.1, 0.15) is 37.8 Å². The number of hydrogen-bond donors (Lipinski definition) is 0. The predicted molar refractivity (Wildman–Crippen MR) is 70.5 cm³/mol. The molecule has 0 saturated heterocycles. The van der Waals surface area contributed by atoms with Crippen LogP contribution < -0.4 is 5.63 Å². The van der Waals surface area contributed by atoms with Crippen molar-refractivity contribution in [2.24, 2.45) is 0 Å². The van der Waals surface area contributed by atoms with Crippen LogP contribution >= 0.6 is 0 Å². The monoisotopic (exact) mass is 230 g/mol. The highest BCUT2D eigenvalue weighted by atomic mass is 16.4. The van der Waals surface area contributed by atoms with Crippen LogP contribution in [0, 0.1) is 0 Å². The summed E-state index contributed by atoms with van der Waals surface area (Å²) in [5, 5.41) is 1.02. The first-order valence-corrected chi connectivity index (χ1v) is 6.30. The van der Waals surface area contributed by atoms with Crippen molar-refractivity contribution in [3.05, 3.63) is 45.8 Å². The maximum absolute atomic E-state index is 11.7. The van der Waals surface area contributed by atoms with E-state index in [1.165, 1.54) is 5.56 Å². The fraction of sp³-hybridized carbons (Fsp3) is 0.400.